The van der Waals surface area contributed by atoms with E-state index in [2.05, 4.69) is 76.5 Å². The molecule has 2 aromatic carbocycles. The molecule has 1 nitrogen and oxygen atoms in total. The highest BCUT2D eigenvalue weighted by Crippen LogP contribution is 2.31. The summed E-state index contributed by atoms with van der Waals surface area (Å²) in [5.74, 6) is 0. The number of benzene rings is 2. The highest BCUT2D eigenvalue weighted by molar-refractivity contribution is 14.1. The number of rotatable bonds is 1. The lowest BCUT2D eigenvalue weighted by molar-refractivity contribution is 0.825. The van der Waals surface area contributed by atoms with Crippen molar-refractivity contribution in [1.82, 2.24) is 4.57 Å². The SMILES string of the molecule is CCn1c2ccccc2c2cccc(I)c21. The van der Waals surface area contributed by atoms with Gasteiger partial charge >= 0.3 is 0 Å². The average molecular weight is 321 g/mol. The zero-order valence-corrected chi connectivity index (χ0v) is 11.2. The summed E-state index contributed by atoms with van der Waals surface area (Å²) in [5, 5.41) is 2.72. The highest BCUT2D eigenvalue weighted by Gasteiger charge is 2.10. The minimum Gasteiger partial charge on any atom is -0.340 e. The molecule has 1 aromatic heterocycles. The summed E-state index contributed by atoms with van der Waals surface area (Å²) in [6.45, 7) is 3.22. The Morgan fingerprint density at radius 1 is 1.00 bits per heavy atom. The van der Waals surface area contributed by atoms with Gasteiger partial charge in [-0.05, 0) is 41.6 Å². The van der Waals surface area contributed by atoms with E-state index in [9.17, 15) is 0 Å². The van der Waals surface area contributed by atoms with E-state index in [4.69, 9.17) is 0 Å². The van der Waals surface area contributed by atoms with Crippen molar-refractivity contribution >= 4 is 44.4 Å². The number of para-hydroxylation sites is 2. The van der Waals surface area contributed by atoms with Crippen molar-refractivity contribution in [2.45, 2.75) is 13.5 Å². The monoisotopic (exact) mass is 321 g/mol. The van der Waals surface area contributed by atoms with Gasteiger partial charge in [-0.1, -0.05) is 30.3 Å². The molecule has 2 heteroatoms. The molecule has 0 bridgehead atoms. The third-order valence-electron chi connectivity index (χ3n) is 3.06. The lowest BCUT2D eigenvalue weighted by Gasteiger charge is -2.03. The Bertz CT molecular complexity index is 667. The van der Waals surface area contributed by atoms with Gasteiger partial charge in [0.1, 0.15) is 0 Å². The van der Waals surface area contributed by atoms with Gasteiger partial charge in [0.15, 0.2) is 0 Å². The van der Waals surface area contributed by atoms with Gasteiger partial charge in [-0.25, -0.2) is 0 Å². The Kier molecular flexibility index (Phi) is 2.39. The van der Waals surface area contributed by atoms with Crippen molar-refractivity contribution in [2.75, 3.05) is 0 Å². The fourth-order valence-electron chi connectivity index (χ4n) is 2.39. The number of hydrogen-bond donors (Lipinski definition) is 0. The molecule has 0 aliphatic heterocycles. The summed E-state index contributed by atoms with van der Waals surface area (Å²) < 4.78 is 3.72. The molecule has 3 rings (SSSR count). The Morgan fingerprint density at radius 2 is 1.75 bits per heavy atom. The molecule has 0 unspecified atom stereocenters. The normalized spacial score (nSPS) is 11.4. The van der Waals surface area contributed by atoms with Crippen LogP contribution < -0.4 is 0 Å². The number of aromatic nitrogens is 1. The average Bonchev–Trinajstić information content (AvgIpc) is 2.65. The molecule has 0 radical (unpaired) electrons. The fraction of sp³-hybridized carbons (Fsp3) is 0.143. The van der Waals surface area contributed by atoms with Crippen molar-refractivity contribution in [3.05, 3.63) is 46.0 Å². The summed E-state index contributed by atoms with van der Waals surface area (Å²) >= 11 is 2.42. The summed E-state index contributed by atoms with van der Waals surface area (Å²) in [6.07, 6.45) is 0. The smallest absolute Gasteiger partial charge is 0.0626 e. The van der Waals surface area contributed by atoms with Gasteiger partial charge in [-0.3, -0.25) is 0 Å². The van der Waals surface area contributed by atoms with Gasteiger partial charge in [-0.2, -0.15) is 0 Å². The third-order valence-corrected chi connectivity index (χ3v) is 3.93. The van der Waals surface area contributed by atoms with E-state index in [0.717, 1.165) is 6.54 Å². The molecule has 0 aliphatic rings. The molecular weight excluding hydrogens is 309 g/mol. The first-order chi connectivity index (χ1) is 7.83. The molecule has 0 saturated carbocycles. The van der Waals surface area contributed by atoms with Crippen molar-refractivity contribution < 1.29 is 0 Å². The Labute approximate surface area is 108 Å². The van der Waals surface area contributed by atoms with Crippen LogP contribution >= 0.6 is 22.6 Å². The second-order valence-corrected chi connectivity index (χ2v) is 5.06. The summed E-state index contributed by atoms with van der Waals surface area (Å²) in [6, 6.07) is 15.2. The van der Waals surface area contributed by atoms with E-state index in [1.54, 1.807) is 0 Å². The van der Waals surface area contributed by atoms with Crippen molar-refractivity contribution in [3.8, 4) is 0 Å². The van der Waals surface area contributed by atoms with Crippen LogP contribution in [0.15, 0.2) is 42.5 Å². The van der Waals surface area contributed by atoms with Crippen molar-refractivity contribution in [2.24, 2.45) is 0 Å². The molecule has 0 fully saturated rings. The van der Waals surface area contributed by atoms with Crippen molar-refractivity contribution in [3.63, 3.8) is 0 Å². The van der Waals surface area contributed by atoms with Gasteiger partial charge in [0.05, 0.1) is 5.52 Å². The molecule has 0 saturated heterocycles. The Hall–Kier alpha value is -1.03. The van der Waals surface area contributed by atoms with Gasteiger partial charge in [-0.15, -0.1) is 0 Å². The quantitative estimate of drug-likeness (QED) is 0.585. The highest BCUT2D eigenvalue weighted by atomic mass is 127. The number of aryl methyl sites for hydroxylation is 1. The zero-order valence-electron chi connectivity index (χ0n) is 9.07. The van der Waals surface area contributed by atoms with Crippen LogP contribution in [-0.2, 0) is 6.54 Å². The lowest BCUT2D eigenvalue weighted by atomic mass is 10.2. The number of nitrogens with zero attached hydrogens (tertiary/aromatic N) is 1. The second-order valence-electron chi connectivity index (χ2n) is 3.90. The molecule has 0 aliphatic carbocycles. The van der Waals surface area contributed by atoms with Gasteiger partial charge < -0.3 is 4.57 Å². The van der Waals surface area contributed by atoms with E-state index < -0.39 is 0 Å². The molecule has 0 N–H and O–H groups in total. The van der Waals surface area contributed by atoms with E-state index >= 15 is 0 Å². The molecule has 0 spiro atoms. The Morgan fingerprint density at radius 3 is 2.56 bits per heavy atom. The van der Waals surface area contributed by atoms with Crippen LogP contribution in [-0.4, -0.2) is 4.57 Å². The van der Waals surface area contributed by atoms with Crippen LogP contribution in [0.1, 0.15) is 6.92 Å². The third kappa shape index (κ3) is 1.29. The molecule has 0 amide bonds. The molecule has 1 heterocycles. The predicted molar refractivity (Wildman–Crippen MR) is 77.8 cm³/mol. The molecular formula is C14H12IN. The van der Waals surface area contributed by atoms with Crippen LogP contribution in [0.3, 0.4) is 0 Å². The zero-order chi connectivity index (χ0) is 11.1. The van der Waals surface area contributed by atoms with E-state index in [1.807, 2.05) is 0 Å². The fourth-order valence-corrected chi connectivity index (χ4v) is 3.18. The number of halogens is 1. The molecule has 0 atom stereocenters. The van der Waals surface area contributed by atoms with Crippen LogP contribution in [0, 0.1) is 3.57 Å². The van der Waals surface area contributed by atoms with Crippen LogP contribution in [0.4, 0.5) is 0 Å². The van der Waals surface area contributed by atoms with Crippen LogP contribution in [0.5, 0.6) is 0 Å². The standard InChI is InChI=1S/C14H12IN/c1-2-16-13-9-4-3-6-10(13)11-7-5-8-12(15)14(11)16/h3-9H,2H2,1H3. The van der Waals surface area contributed by atoms with Crippen LogP contribution in [0.2, 0.25) is 0 Å². The van der Waals surface area contributed by atoms with E-state index in [1.165, 1.54) is 25.4 Å². The first-order valence-electron chi connectivity index (χ1n) is 5.48. The molecule has 3 aromatic rings. The predicted octanol–water partition coefficient (Wildman–Crippen LogP) is 4.42. The van der Waals surface area contributed by atoms with Gasteiger partial charge in [0.25, 0.3) is 0 Å². The maximum atomic E-state index is 2.42. The summed E-state index contributed by atoms with van der Waals surface area (Å²) in [4.78, 5) is 0. The number of fused-ring (bicyclic) bond motifs is 3. The second kappa shape index (κ2) is 3.77. The van der Waals surface area contributed by atoms with Crippen LogP contribution in [0.25, 0.3) is 21.8 Å². The van der Waals surface area contributed by atoms with Gasteiger partial charge in [0.2, 0.25) is 0 Å². The van der Waals surface area contributed by atoms with Crippen molar-refractivity contribution in [1.29, 1.82) is 0 Å². The molecule has 16 heavy (non-hydrogen) atoms. The minimum atomic E-state index is 1.02. The molecule has 80 valence electrons. The maximum Gasteiger partial charge on any atom is 0.0626 e. The maximum absolute atomic E-state index is 2.42. The topological polar surface area (TPSA) is 4.93 Å². The minimum absolute atomic E-state index is 1.02. The largest absolute Gasteiger partial charge is 0.340 e. The lowest BCUT2D eigenvalue weighted by Crippen LogP contribution is -1.94. The van der Waals surface area contributed by atoms with E-state index in [-0.39, 0.29) is 0 Å². The Balaban J connectivity index is 2.64. The first-order valence-corrected chi connectivity index (χ1v) is 6.56. The van der Waals surface area contributed by atoms with Gasteiger partial charge in [0, 0.05) is 26.4 Å². The summed E-state index contributed by atoms with van der Waals surface area (Å²) in [7, 11) is 0. The summed E-state index contributed by atoms with van der Waals surface area (Å²) in [5.41, 5.74) is 2.70. The van der Waals surface area contributed by atoms with E-state index in [0.29, 0.717) is 0 Å². The first kappa shape index (κ1) is 10.1. The number of hydrogen-bond acceptors (Lipinski definition) is 0.